The van der Waals surface area contributed by atoms with Gasteiger partial charge in [0.15, 0.2) is 0 Å². The average Bonchev–Trinajstić information content (AvgIpc) is 3.18. The predicted molar refractivity (Wildman–Crippen MR) is 129 cm³/mol. The van der Waals surface area contributed by atoms with E-state index in [2.05, 4.69) is 41.4 Å². The van der Waals surface area contributed by atoms with Gasteiger partial charge in [-0.3, -0.25) is 4.40 Å². The molecule has 0 radical (unpaired) electrons. The molecule has 1 aliphatic carbocycles. The third-order valence-electron chi connectivity index (χ3n) is 6.67. The highest BCUT2D eigenvalue weighted by Gasteiger charge is 2.37. The number of anilines is 1. The van der Waals surface area contributed by atoms with Gasteiger partial charge in [0.05, 0.1) is 11.2 Å². The van der Waals surface area contributed by atoms with Gasteiger partial charge in [-0.25, -0.2) is 15.0 Å². The van der Waals surface area contributed by atoms with Gasteiger partial charge in [0.25, 0.3) is 0 Å². The van der Waals surface area contributed by atoms with Crippen molar-refractivity contribution in [3.05, 3.63) is 78.9 Å². The van der Waals surface area contributed by atoms with Crippen LogP contribution < -0.4 is 11.5 Å². The Morgan fingerprint density at radius 1 is 0.970 bits per heavy atom. The van der Waals surface area contributed by atoms with Crippen LogP contribution in [0.3, 0.4) is 0 Å². The number of benzene rings is 2. The number of aromatic nitrogens is 4. The van der Waals surface area contributed by atoms with Gasteiger partial charge in [0.2, 0.25) is 0 Å². The van der Waals surface area contributed by atoms with E-state index >= 15 is 0 Å². The van der Waals surface area contributed by atoms with Gasteiger partial charge in [-0.1, -0.05) is 48.5 Å². The maximum absolute atomic E-state index is 9.70. The van der Waals surface area contributed by atoms with Gasteiger partial charge in [-0.2, -0.15) is 0 Å². The number of rotatable bonds is 4. The van der Waals surface area contributed by atoms with E-state index in [1.165, 1.54) is 0 Å². The highest BCUT2D eigenvalue weighted by molar-refractivity contribution is 5.91. The van der Waals surface area contributed by atoms with Crippen molar-refractivity contribution in [2.24, 2.45) is 11.7 Å². The molecule has 164 valence electrons. The van der Waals surface area contributed by atoms with Crippen molar-refractivity contribution in [2.75, 3.05) is 5.73 Å². The van der Waals surface area contributed by atoms with E-state index in [-0.39, 0.29) is 11.8 Å². The molecule has 0 aliphatic heterocycles. The van der Waals surface area contributed by atoms with Crippen LogP contribution in [-0.4, -0.2) is 30.7 Å². The van der Waals surface area contributed by atoms with Gasteiger partial charge < -0.3 is 16.6 Å². The summed E-state index contributed by atoms with van der Waals surface area (Å²) in [6.45, 7) is 0. The Morgan fingerprint density at radius 2 is 1.76 bits per heavy atom. The standard InChI is InChI=1S/C26H24N6O/c27-24-23-22(31-26(32(23)11-10-29-24)19-12-18(13-19)25(28)33)17-7-6-16-8-9-20(30-21(16)14-17)15-4-2-1-3-5-15/h1-11,14,18-19,25,33H,12-13,28H2,(H2,27,29). The first kappa shape index (κ1) is 19.8. The van der Waals surface area contributed by atoms with Gasteiger partial charge in [-0.15, -0.1) is 0 Å². The molecule has 3 heterocycles. The van der Waals surface area contributed by atoms with Crippen molar-refractivity contribution in [3.63, 3.8) is 0 Å². The number of imidazole rings is 1. The quantitative estimate of drug-likeness (QED) is 0.367. The highest BCUT2D eigenvalue weighted by atomic mass is 16.3. The molecular formula is C26H24N6O. The maximum atomic E-state index is 9.70. The smallest absolute Gasteiger partial charge is 0.150 e. The molecule has 0 spiro atoms. The maximum Gasteiger partial charge on any atom is 0.150 e. The number of nitrogens with two attached hydrogens (primary N) is 2. The van der Waals surface area contributed by atoms with Gasteiger partial charge >= 0.3 is 0 Å². The SMILES string of the molecule is Nc1nccn2c(C3CC(C(N)O)C3)nc(-c3ccc4ccc(-c5ccccc5)nc4c3)c12. The summed E-state index contributed by atoms with van der Waals surface area (Å²) >= 11 is 0. The summed E-state index contributed by atoms with van der Waals surface area (Å²) in [7, 11) is 0. The predicted octanol–water partition coefficient (Wildman–Crippen LogP) is 3.96. The number of pyridine rings is 1. The molecule has 3 aromatic heterocycles. The number of nitrogen functional groups attached to an aromatic ring is 1. The molecule has 5 aromatic rings. The van der Waals surface area contributed by atoms with Crippen LogP contribution in [0.5, 0.6) is 0 Å². The largest absolute Gasteiger partial charge is 0.382 e. The number of aliphatic hydroxyl groups is 1. The van der Waals surface area contributed by atoms with Crippen molar-refractivity contribution >= 4 is 22.2 Å². The molecular weight excluding hydrogens is 412 g/mol. The second-order valence-corrected chi connectivity index (χ2v) is 8.74. The zero-order valence-electron chi connectivity index (χ0n) is 18.0. The minimum absolute atomic E-state index is 0.103. The third-order valence-corrected chi connectivity index (χ3v) is 6.67. The molecule has 0 amide bonds. The summed E-state index contributed by atoms with van der Waals surface area (Å²) in [6, 6.07) is 20.5. The molecule has 1 atom stereocenters. The first-order chi connectivity index (χ1) is 16.1. The Hall–Kier alpha value is -3.81. The van der Waals surface area contributed by atoms with Gasteiger partial charge in [0.1, 0.15) is 29.1 Å². The summed E-state index contributed by atoms with van der Waals surface area (Å²) in [5.41, 5.74) is 17.4. The number of hydrogen-bond donors (Lipinski definition) is 3. The van der Waals surface area contributed by atoms with Gasteiger partial charge in [0, 0.05) is 34.8 Å². The van der Waals surface area contributed by atoms with E-state index < -0.39 is 6.23 Å². The van der Waals surface area contributed by atoms with E-state index in [0.29, 0.717) is 5.82 Å². The Labute approximate surface area is 190 Å². The number of aliphatic hydroxyl groups excluding tert-OH is 1. The fourth-order valence-corrected chi connectivity index (χ4v) is 4.76. The van der Waals surface area contributed by atoms with Crippen LogP contribution in [0, 0.1) is 5.92 Å². The first-order valence-electron chi connectivity index (χ1n) is 11.1. The minimum atomic E-state index is -0.788. The lowest BCUT2D eigenvalue weighted by Gasteiger charge is -2.36. The van der Waals surface area contributed by atoms with Crippen LogP contribution in [0.4, 0.5) is 5.82 Å². The van der Waals surface area contributed by atoms with Crippen LogP contribution in [0.1, 0.15) is 24.6 Å². The Kier molecular flexibility index (Phi) is 4.60. The van der Waals surface area contributed by atoms with E-state index in [1.807, 2.05) is 34.9 Å². The molecule has 0 saturated heterocycles. The van der Waals surface area contributed by atoms with E-state index in [9.17, 15) is 5.11 Å². The number of nitrogens with zero attached hydrogens (tertiary/aromatic N) is 4. The lowest BCUT2D eigenvalue weighted by Crippen LogP contribution is -2.38. The third kappa shape index (κ3) is 3.33. The number of hydrogen-bond acceptors (Lipinski definition) is 6. The Balaban J connectivity index is 1.47. The van der Waals surface area contributed by atoms with Crippen molar-refractivity contribution in [1.29, 1.82) is 0 Å². The first-order valence-corrected chi connectivity index (χ1v) is 11.1. The van der Waals surface area contributed by atoms with E-state index in [1.54, 1.807) is 6.20 Å². The monoisotopic (exact) mass is 436 g/mol. The lowest BCUT2D eigenvalue weighted by molar-refractivity contribution is 0.0527. The fraction of sp³-hybridized carbons (Fsp3) is 0.192. The molecule has 1 unspecified atom stereocenters. The zero-order chi connectivity index (χ0) is 22.5. The molecule has 7 nitrogen and oxygen atoms in total. The fourth-order valence-electron chi connectivity index (χ4n) is 4.76. The summed E-state index contributed by atoms with van der Waals surface area (Å²) in [5.74, 6) is 1.69. The van der Waals surface area contributed by atoms with E-state index in [0.717, 1.165) is 57.6 Å². The van der Waals surface area contributed by atoms with Crippen molar-refractivity contribution in [2.45, 2.75) is 25.0 Å². The Morgan fingerprint density at radius 3 is 2.55 bits per heavy atom. The van der Waals surface area contributed by atoms with Crippen molar-refractivity contribution in [3.8, 4) is 22.5 Å². The van der Waals surface area contributed by atoms with Crippen molar-refractivity contribution in [1.82, 2.24) is 19.4 Å². The van der Waals surface area contributed by atoms with Crippen LogP contribution in [0.15, 0.2) is 73.1 Å². The average molecular weight is 437 g/mol. The van der Waals surface area contributed by atoms with Crippen LogP contribution >= 0.6 is 0 Å². The zero-order valence-corrected chi connectivity index (χ0v) is 18.0. The molecule has 5 N–H and O–H groups in total. The van der Waals surface area contributed by atoms with E-state index in [4.69, 9.17) is 21.4 Å². The highest BCUT2D eigenvalue weighted by Crippen LogP contribution is 2.44. The number of fused-ring (bicyclic) bond motifs is 2. The second kappa shape index (κ2) is 7.65. The molecule has 6 rings (SSSR count). The molecule has 0 bridgehead atoms. The van der Waals surface area contributed by atoms with Crippen LogP contribution in [0.2, 0.25) is 0 Å². The lowest BCUT2D eigenvalue weighted by atomic mass is 9.73. The summed E-state index contributed by atoms with van der Waals surface area (Å²) < 4.78 is 2.03. The summed E-state index contributed by atoms with van der Waals surface area (Å²) in [5, 5.41) is 10.8. The molecule has 2 aromatic carbocycles. The molecule has 1 saturated carbocycles. The Bertz CT molecular complexity index is 1470. The molecule has 1 fully saturated rings. The minimum Gasteiger partial charge on any atom is -0.382 e. The van der Waals surface area contributed by atoms with Crippen LogP contribution in [-0.2, 0) is 0 Å². The summed E-state index contributed by atoms with van der Waals surface area (Å²) in [6.07, 6.45) is 4.41. The summed E-state index contributed by atoms with van der Waals surface area (Å²) in [4.78, 5) is 14.2. The topological polar surface area (TPSA) is 115 Å². The molecule has 1 aliphatic rings. The second-order valence-electron chi connectivity index (χ2n) is 8.74. The van der Waals surface area contributed by atoms with Crippen molar-refractivity contribution < 1.29 is 5.11 Å². The molecule has 7 heteroatoms. The van der Waals surface area contributed by atoms with Crippen LogP contribution in [0.25, 0.3) is 38.9 Å². The van der Waals surface area contributed by atoms with Gasteiger partial charge in [-0.05, 0) is 30.9 Å². The normalized spacial score (nSPS) is 19.0. The molecule has 33 heavy (non-hydrogen) atoms.